The Bertz CT molecular complexity index is 461. The van der Waals surface area contributed by atoms with Crippen molar-refractivity contribution < 1.29 is 9.84 Å². The van der Waals surface area contributed by atoms with Gasteiger partial charge in [-0.2, -0.15) is 0 Å². The fraction of sp³-hybridized carbons (Fsp3) is 0.556. The number of aromatic amines is 1. The Balaban J connectivity index is 2.14. The van der Waals surface area contributed by atoms with Gasteiger partial charge in [0.05, 0.1) is 18.5 Å². The zero-order chi connectivity index (χ0) is 11.5. The Morgan fingerprint density at radius 1 is 1.62 bits per heavy atom. The number of ether oxygens (including phenoxy) is 1. The van der Waals surface area contributed by atoms with Gasteiger partial charge in [-0.25, -0.2) is 4.79 Å². The van der Waals surface area contributed by atoms with Crippen LogP contribution in [-0.4, -0.2) is 38.9 Å². The largest absolute Gasteiger partial charge is 0.395 e. The van der Waals surface area contributed by atoms with E-state index in [4.69, 9.17) is 9.84 Å². The second-order valence-electron chi connectivity index (χ2n) is 3.44. The molecule has 2 N–H and O–H groups in total. The van der Waals surface area contributed by atoms with Gasteiger partial charge >= 0.3 is 5.69 Å². The predicted octanol–water partition coefficient (Wildman–Crippen LogP) is -0.841. The molecule has 0 aliphatic carbocycles. The molecule has 0 saturated carbocycles. The minimum Gasteiger partial charge on any atom is -0.395 e. The molecule has 0 bridgehead atoms. The average Bonchev–Trinajstić information content (AvgIpc) is 2.29. The molecule has 2 atom stereocenters. The lowest BCUT2D eigenvalue weighted by molar-refractivity contribution is 0.00474. The van der Waals surface area contributed by atoms with Gasteiger partial charge in [0.1, 0.15) is 6.23 Å². The van der Waals surface area contributed by atoms with Gasteiger partial charge in [-0.05, 0) is 0 Å². The molecule has 1 fully saturated rings. The number of thioether (sulfide) groups is 1. The van der Waals surface area contributed by atoms with Crippen LogP contribution >= 0.6 is 11.8 Å². The van der Waals surface area contributed by atoms with Gasteiger partial charge in [-0.3, -0.25) is 14.3 Å². The summed E-state index contributed by atoms with van der Waals surface area (Å²) in [6.45, 7) is 0.468. The summed E-state index contributed by atoms with van der Waals surface area (Å²) in [7, 11) is 0. The standard InChI is InChI=1S/C9H12N2O4S/c12-3-6-4-15-8(5-16-6)11-2-1-7(13)10-9(11)14/h1-2,6,8,12H,3-5H2,(H,10,13,14). The molecule has 1 aliphatic rings. The summed E-state index contributed by atoms with van der Waals surface area (Å²) in [5.41, 5.74) is -0.890. The number of aromatic nitrogens is 2. The fourth-order valence-electron chi connectivity index (χ4n) is 1.45. The van der Waals surface area contributed by atoms with Crippen molar-refractivity contribution in [2.75, 3.05) is 19.0 Å². The molecule has 1 aromatic heterocycles. The van der Waals surface area contributed by atoms with Crippen LogP contribution in [0.4, 0.5) is 0 Å². The quantitative estimate of drug-likeness (QED) is 0.708. The number of rotatable bonds is 2. The average molecular weight is 244 g/mol. The molecule has 6 nitrogen and oxygen atoms in total. The van der Waals surface area contributed by atoms with E-state index in [0.29, 0.717) is 12.4 Å². The van der Waals surface area contributed by atoms with Crippen molar-refractivity contribution >= 4 is 11.8 Å². The van der Waals surface area contributed by atoms with Gasteiger partial charge in [0.2, 0.25) is 0 Å². The maximum absolute atomic E-state index is 11.5. The summed E-state index contributed by atoms with van der Waals surface area (Å²) in [5.74, 6) is 0.581. The van der Waals surface area contributed by atoms with Gasteiger partial charge in [0, 0.05) is 18.0 Å². The second kappa shape index (κ2) is 4.86. The normalized spacial score (nSPS) is 25.6. The molecule has 7 heteroatoms. The van der Waals surface area contributed by atoms with Gasteiger partial charge < -0.3 is 9.84 Å². The van der Waals surface area contributed by atoms with E-state index in [0.717, 1.165) is 0 Å². The first-order chi connectivity index (χ1) is 7.70. The third kappa shape index (κ3) is 2.37. The highest BCUT2D eigenvalue weighted by Crippen LogP contribution is 2.25. The molecule has 0 spiro atoms. The highest BCUT2D eigenvalue weighted by molar-refractivity contribution is 8.00. The molecule has 0 radical (unpaired) electrons. The SMILES string of the molecule is O=c1ccn(C2CSC(CO)CO2)c(=O)[nH]1. The van der Waals surface area contributed by atoms with Crippen molar-refractivity contribution in [3.63, 3.8) is 0 Å². The molecular formula is C9H12N2O4S. The lowest BCUT2D eigenvalue weighted by atomic mass is 10.4. The highest BCUT2D eigenvalue weighted by atomic mass is 32.2. The van der Waals surface area contributed by atoms with Crippen LogP contribution in [0.1, 0.15) is 6.23 Å². The van der Waals surface area contributed by atoms with Crippen LogP contribution < -0.4 is 11.2 Å². The number of nitrogens with zero attached hydrogens (tertiary/aromatic N) is 1. The zero-order valence-corrected chi connectivity index (χ0v) is 9.27. The molecule has 2 unspecified atom stereocenters. The van der Waals surface area contributed by atoms with Crippen LogP contribution in [0.3, 0.4) is 0 Å². The summed E-state index contributed by atoms with van der Waals surface area (Å²) in [5, 5.41) is 8.99. The number of aliphatic hydroxyl groups excluding tert-OH is 1. The van der Waals surface area contributed by atoms with Crippen LogP contribution in [0.2, 0.25) is 0 Å². The van der Waals surface area contributed by atoms with E-state index in [1.54, 1.807) is 11.8 Å². The van der Waals surface area contributed by atoms with Crippen molar-refractivity contribution in [2.45, 2.75) is 11.5 Å². The first kappa shape index (κ1) is 11.4. The summed E-state index contributed by atoms with van der Waals surface area (Å²) < 4.78 is 6.80. The van der Waals surface area contributed by atoms with Crippen LogP contribution in [0, 0.1) is 0 Å². The van der Waals surface area contributed by atoms with Crippen molar-refractivity contribution in [3.05, 3.63) is 33.1 Å². The summed E-state index contributed by atoms with van der Waals surface area (Å²) in [6, 6.07) is 1.29. The predicted molar refractivity (Wildman–Crippen MR) is 59.6 cm³/mol. The molecule has 88 valence electrons. The van der Waals surface area contributed by atoms with E-state index in [-0.39, 0.29) is 18.1 Å². The molecule has 2 heterocycles. The minimum absolute atomic E-state index is 0.0645. The second-order valence-corrected chi connectivity index (χ2v) is 4.78. The van der Waals surface area contributed by atoms with Crippen LogP contribution in [0.15, 0.2) is 21.9 Å². The van der Waals surface area contributed by atoms with E-state index in [1.807, 2.05) is 0 Å². The molecular weight excluding hydrogens is 232 g/mol. The monoisotopic (exact) mass is 244 g/mol. The molecule has 1 aromatic rings. The topological polar surface area (TPSA) is 84.3 Å². The summed E-state index contributed by atoms with van der Waals surface area (Å²) >= 11 is 1.55. The first-order valence-corrected chi connectivity index (χ1v) is 5.91. The number of nitrogens with one attached hydrogen (secondary N) is 1. The lowest BCUT2D eigenvalue weighted by Gasteiger charge is -2.28. The Morgan fingerprint density at radius 3 is 3.00 bits per heavy atom. The highest BCUT2D eigenvalue weighted by Gasteiger charge is 2.23. The maximum atomic E-state index is 11.5. The van der Waals surface area contributed by atoms with E-state index in [9.17, 15) is 9.59 Å². The van der Waals surface area contributed by atoms with E-state index >= 15 is 0 Å². The Hall–Kier alpha value is -1.05. The van der Waals surface area contributed by atoms with Crippen molar-refractivity contribution in [1.82, 2.24) is 9.55 Å². The zero-order valence-electron chi connectivity index (χ0n) is 8.46. The van der Waals surface area contributed by atoms with E-state index in [2.05, 4.69) is 4.98 Å². The molecule has 1 saturated heterocycles. The molecule has 1 aliphatic heterocycles. The lowest BCUT2D eigenvalue weighted by Crippen LogP contribution is -2.37. The summed E-state index contributed by atoms with van der Waals surface area (Å²) in [4.78, 5) is 24.5. The number of H-pyrrole nitrogens is 1. The Labute approximate surface area is 95.3 Å². The van der Waals surface area contributed by atoms with E-state index in [1.165, 1.54) is 16.8 Å². The maximum Gasteiger partial charge on any atom is 0.330 e. The minimum atomic E-state index is -0.472. The van der Waals surface area contributed by atoms with Crippen LogP contribution in [0.5, 0.6) is 0 Å². The van der Waals surface area contributed by atoms with Crippen molar-refractivity contribution in [2.24, 2.45) is 0 Å². The van der Waals surface area contributed by atoms with Crippen molar-refractivity contribution in [3.8, 4) is 0 Å². The number of hydrogen-bond donors (Lipinski definition) is 2. The van der Waals surface area contributed by atoms with E-state index < -0.39 is 11.2 Å². The Morgan fingerprint density at radius 2 is 2.44 bits per heavy atom. The molecule has 0 amide bonds. The number of hydrogen-bond acceptors (Lipinski definition) is 5. The molecule has 2 rings (SSSR count). The van der Waals surface area contributed by atoms with Crippen LogP contribution in [-0.2, 0) is 4.74 Å². The molecule has 16 heavy (non-hydrogen) atoms. The number of aliphatic hydroxyl groups is 1. The van der Waals surface area contributed by atoms with Gasteiger partial charge in [0.15, 0.2) is 0 Å². The summed E-state index contributed by atoms with van der Waals surface area (Å²) in [6.07, 6.45) is 1.04. The Kier molecular flexibility index (Phi) is 3.47. The fourth-order valence-corrected chi connectivity index (χ4v) is 2.43. The third-order valence-corrected chi connectivity index (χ3v) is 3.55. The van der Waals surface area contributed by atoms with Crippen molar-refractivity contribution in [1.29, 1.82) is 0 Å². The van der Waals surface area contributed by atoms with Gasteiger partial charge in [-0.1, -0.05) is 0 Å². The smallest absolute Gasteiger partial charge is 0.330 e. The molecule has 0 aromatic carbocycles. The third-order valence-electron chi connectivity index (χ3n) is 2.31. The van der Waals surface area contributed by atoms with Gasteiger partial charge in [0.25, 0.3) is 5.56 Å². The van der Waals surface area contributed by atoms with Crippen LogP contribution in [0.25, 0.3) is 0 Å². The van der Waals surface area contributed by atoms with Gasteiger partial charge in [-0.15, -0.1) is 11.8 Å². The first-order valence-electron chi connectivity index (χ1n) is 4.86.